The van der Waals surface area contributed by atoms with E-state index < -0.39 is 5.92 Å². The number of thiophene rings is 1. The molecule has 0 saturated heterocycles. The van der Waals surface area contributed by atoms with Crippen molar-refractivity contribution in [2.45, 2.75) is 5.92 Å². The van der Waals surface area contributed by atoms with E-state index in [1.165, 1.54) is 11.3 Å². The molecule has 1 heterocycles. The minimum Gasteiger partial charge on any atom is -0.292 e. The van der Waals surface area contributed by atoms with Gasteiger partial charge in [0.05, 0.1) is 6.07 Å². The summed E-state index contributed by atoms with van der Waals surface area (Å²) in [4.78, 5) is 12.7. The Bertz CT molecular complexity index is 862. The van der Waals surface area contributed by atoms with Gasteiger partial charge in [-0.15, -0.1) is 11.3 Å². The average Bonchev–Trinajstić information content (AvgIpc) is 2.92. The molecular weight excluding hydrogens is 346 g/mol. The van der Waals surface area contributed by atoms with E-state index in [4.69, 9.17) is 0 Å². The molecule has 0 aliphatic rings. The van der Waals surface area contributed by atoms with E-state index in [9.17, 15) is 10.1 Å². The fraction of sp³-hybridized carbons (Fsp3) is 0.0588. The molecule has 0 radical (unpaired) electrons. The molecule has 0 spiro atoms. The second kappa shape index (κ2) is 5.80. The number of ketones is 1. The van der Waals surface area contributed by atoms with Crippen LogP contribution in [0.25, 0.3) is 10.1 Å². The SMILES string of the molecule is N#CC(C(=O)c1csc2ccccc12)c1cccc(Br)c1. The summed E-state index contributed by atoms with van der Waals surface area (Å²) in [7, 11) is 0. The third kappa shape index (κ3) is 2.63. The van der Waals surface area contributed by atoms with Gasteiger partial charge in [0.15, 0.2) is 5.78 Å². The first kappa shape index (κ1) is 14.0. The number of fused-ring (bicyclic) bond motifs is 1. The van der Waals surface area contributed by atoms with Crippen molar-refractivity contribution in [1.29, 1.82) is 5.26 Å². The molecule has 0 fully saturated rings. The summed E-state index contributed by atoms with van der Waals surface area (Å²) in [6.07, 6.45) is 0. The Balaban J connectivity index is 2.06. The van der Waals surface area contributed by atoms with Crippen LogP contribution < -0.4 is 0 Å². The molecule has 3 aromatic rings. The minimum atomic E-state index is -0.777. The molecule has 0 aliphatic carbocycles. The van der Waals surface area contributed by atoms with Crippen molar-refractivity contribution in [2.24, 2.45) is 0 Å². The fourth-order valence-corrected chi connectivity index (χ4v) is 3.66. The lowest BCUT2D eigenvalue weighted by molar-refractivity contribution is 0.0981. The lowest BCUT2D eigenvalue weighted by atomic mass is 9.92. The molecule has 2 aromatic carbocycles. The molecule has 102 valence electrons. The van der Waals surface area contributed by atoms with Crippen LogP contribution in [0, 0.1) is 11.3 Å². The van der Waals surface area contributed by atoms with Gasteiger partial charge >= 0.3 is 0 Å². The van der Waals surface area contributed by atoms with Crippen LogP contribution in [0.5, 0.6) is 0 Å². The van der Waals surface area contributed by atoms with Gasteiger partial charge in [-0.2, -0.15) is 5.26 Å². The number of carbonyl (C=O) groups excluding carboxylic acids is 1. The highest BCUT2D eigenvalue weighted by atomic mass is 79.9. The Labute approximate surface area is 134 Å². The van der Waals surface area contributed by atoms with Crippen molar-refractivity contribution in [3.05, 3.63) is 69.5 Å². The predicted molar refractivity (Wildman–Crippen MR) is 88.7 cm³/mol. The first-order chi connectivity index (χ1) is 10.2. The van der Waals surface area contributed by atoms with Gasteiger partial charge in [-0.3, -0.25) is 4.79 Å². The van der Waals surface area contributed by atoms with Crippen molar-refractivity contribution >= 4 is 43.1 Å². The largest absolute Gasteiger partial charge is 0.292 e. The maximum absolute atomic E-state index is 12.7. The molecule has 3 rings (SSSR count). The summed E-state index contributed by atoms with van der Waals surface area (Å²) in [6.45, 7) is 0. The Morgan fingerprint density at radius 2 is 2.00 bits per heavy atom. The second-order valence-corrected chi connectivity index (χ2v) is 6.45. The van der Waals surface area contributed by atoms with Gasteiger partial charge in [-0.05, 0) is 23.8 Å². The van der Waals surface area contributed by atoms with E-state index in [0.717, 1.165) is 14.6 Å². The normalized spacial score (nSPS) is 12.0. The van der Waals surface area contributed by atoms with E-state index >= 15 is 0 Å². The van der Waals surface area contributed by atoms with Gasteiger partial charge in [0.2, 0.25) is 0 Å². The summed E-state index contributed by atoms with van der Waals surface area (Å²) >= 11 is 4.91. The van der Waals surface area contributed by atoms with Crippen molar-refractivity contribution < 1.29 is 4.79 Å². The zero-order valence-corrected chi connectivity index (χ0v) is 13.3. The Morgan fingerprint density at radius 3 is 2.76 bits per heavy atom. The summed E-state index contributed by atoms with van der Waals surface area (Å²) in [5.41, 5.74) is 1.34. The van der Waals surface area contributed by atoms with Crippen LogP contribution in [0.3, 0.4) is 0 Å². The topological polar surface area (TPSA) is 40.9 Å². The second-order valence-electron chi connectivity index (χ2n) is 4.63. The summed E-state index contributed by atoms with van der Waals surface area (Å²) < 4.78 is 1.93. The number of hydrogen-bond acceptors (Lipinski definition) is 3. The van der Waals surface area contributed by atoms with Crippen molar-refractivity contribution in [3.63, 3.8) is 0 Å². The number of carbonyl (C=O) groups is 1. The minimum absolute atomic E-state index is 0.145. The number of rotatable bonds is 3. The fourth-order valence-electron chi connectivity index (χ4n) is 2.29. The third-order valence-electron chi connectivity index (χ3n) is 3.32. The van der Waals surface area contributed by atoms with E-state index in [1.807, 2.05) is 53.9 Å². The van der Waals surface area contributed by atoms with Crippen LogP contribution in [-0.4, -0.2) is 5.78 Å². The van der Waals surface area contributed by atoms with Gasteiger partial charge in [-0.1, -0.05) is 46.3 Å². The lowest BCUT2D eigenvalue weighted by Gasteiger charge is -2.08. The van der Waals surface area contributed by atoms with Gasteiger partial charge in [0.25, 0.3) is 0 Å². The number of halogens is 1. The highest BCUT2D eigenvalue weighted by molar-refractivity contribution is 9.10. The van der Waals surface area contributed by atoms with Crippen molar-refractivity contribution in [3.8, 4) is 6.07 Å². The molecule has 4 heteroatoms. The van der Waals surface area contributed by atoms with Gasteiger partial charge < -0.3 is 0 Å². The van der Waals surface area contributed by atoms with Crippen LogP contribution in [-0.2, 0) is 0 Å². The average molecular weight is 356 g/mol. The molecule has 0 amide bonds. The monoisotopic (exact) mass is 355 g/mol. The Kier molecular flexibility index (Phi) is 3.87. The predicted octanol–water partition coefficient (Wildman–Crippen LogP) is 5.15. The smallest absolute Gasteiger partial charge is 0.185 e. The number of Topliss-reactive ketones (excluding diaryl/α,β-unsaturated/α-hetero) is 1. The highest BCUT2D eigenvalue weighted by Gasteiger charge is 2.24. The van der Waals surface area contributed by atoms with Crippen molar-refractivity contribution in [2.75, 3.05) is 0 Å². The van der Waals surface area contributed by atoms with Gasteiger partial charge in [0.1, 0.15) is 5.92 Å². The molecule has 0 aliphatic heterocycles. The summed E-state index contributed by atoms with van der Waals surface area (Å²) in [5.74, 6) is -0.923. The molecule has 0 bridgehead atoms. The Hall–Kier alpha value is -1.96. The maximum Gasteiger partial charge on any atom is 0.185 e. The summed E-state index contributed by atoms with van der Waals surface area (Å²) in [6, 6.07) is 17.2. The lowest BCUT2D eigenvalue weighted by Crippen LogP contribution is -2.10. The van der Waals surface area contributed by atoms with Crippen LogP contribution in [0.15, 0.2) is 58.4 Å². The maximum atomic E-state index is 12.7. The van der Waals surface area contributed by atoms with Crippen LogP contribution in [0.2, 0.25) is 0 Å². The van der Waals surface area contributed by atoms with E-state index in [2.05, 4.69) is 22.0 Å². The van der Waals surface area contributed by atoms with Crippen molar-refractivity contribution in [1.82, 2.24) is 0 Å². The molecule has 0 saturated carbocycles. The molecular formula is C17H10BrNOS. The van der Waals surface area contributed by atoms with E-state index in [1.54, 1.807) is 0 Å². The van der Waals surface area contributed by atoms with Crippen LogP contribution in [0.1, 0.15) is 21.8 Å². The standard InChI is InChI=1S/C17H10BrNOS/c18-12-5-3-4-11(8-12)14(9-19)17(20)15-10-21-16-7-2-1-6-13(15)16/h1-8,10,14H. The highest BCUT2D eigenvalue weighted by Crippen LogP contribution is 2.30. The first-order valence-corrected chi connectivity index (χ1v) is 8.03. The summed E-state index contributed by atoms with van der Waals surface area (Å²) in [5, 5.41) is 12.2. The van der Waals surface area contributed by atoms with Crippen LogP contribution >= 0.6 is 27.3 Å². The number of benzene rings is 2. The first-order valence-electron chi connectivity index (χ1n) is 6.36. The quantitative estimate of drug-likeness (QED) is 0.609. The number of hydrogen-bond donors (Lipinski definition) is 0. The zero-order valence-electron chi connectivity index (χ0n) is 10.9. The molecule has 21 heavy (non-hydrogen) atoms. The zero-order chi connectivity index (χ0) is 14.8. The molecule has 0 N–H and O–H groups in total. The Morgan fingerprint density at radius 1 is 1.19 bits per heavy atom. The van der Waals surface area contributed by atoms with Gasteiger partial charge in [-0.25, -0.2) is 0 Å². The third-order valence-corrected chi connectivity index (χ3v) is 4.78. The van der Waals surface area contributed by atoms with Gasteiger partial charge in [0, 0.05) is 25.5 Å². The molecule has 1 unspecified atom stereocenters. The molecule has 1 aromatic heterocycles. The molecule has 2 nitrogen and oxygen atoms in total. The van der Waals surface area contributed by atoms with E-state index in [0.29, 0.717) is 11.1 Å². The number of nitrogens with zero attached hydrogens (tertiary/aromatic N) is 1. The number of nitriles is 1. The molecule has 1 atom stereocenters. The van der Waals surface area contributed by atoms with E-state index in [-0.39, 0.29) is 5.78 Å². The van der Waals surface area contributed by atoms with Crippen LogP contribution in [0.4, 0.5) is 0 Å².